The van der Waals surface area contributed by atoms with E-state index >= 15 is 0 Å². The molecule has 16 heavy (non-hydrogen) atoms. The summed E-state index contributed by atoms with van der Waals surface area (Å²) in [5.41, 5.74) is 5.25. The molecule has 1 saturated carbocycles. The molecule has 1 saturated heterocycles. The molecule has 1 amide bonds. The zero-order valence-electron chi connectivity index (χ0n) is 10.00. The van der Waals surface area contributed by atoms with E-state index in [1.165, 1.54) is 0 Å². The molecule has 0 aromatic heterocycles. The van der Waals surface area contributed by atoms with Gasteiger partial charge in [-0.2, -0.15) is 0 Å². The van der Waals surface area contributed by atoms with Gasteiger partial charge in [0.15, 0.2) is 0 Å². The molecule has 1 heterocycles. The Bertz CT molecular complexity index is 254. The second-order valence-corrected chi connectivity index (χ2v) is 5.27. The standard InChI is InChI=1S/C12H22N2O2/c1-12(7-2-8-16-12)11(15)14-10-5-3-9(13)4-6-10/h9-10H,2-8,13H2,1H3,(H,14,15). The number of rotatable bonds is 2. The van der Waals surface area contributed by atoms with Crippen molar-refractivity contribution in [3.63, 3.8) is 0 Å². The fraction of sp³-hybridized carbons (Fsp3) is 0.917. The van der Waals surface area contributed by atoms with E-state index in [2.05, 4.69) is 5.32 Å². The maximum absolute atomic E-state index is 12.0. The highest BCUT2D eigenvalue weighted by molar-refractivity contribution is 5.85. The number of nitrogens with one attached hydrogen (secondary N) is 1. The number of carbonyl (C=O) groups excluding carboxylic acids is 1. The van der Waals surface area contributed by atoms with E-state index in [0.29, 0.717) is 18.7 Å². The predicted octanol–water partition coefficient (Wildman–Crippen LogP) is 0.942. The molecule has 0 spiro atoms. The Morgan fingerprint density at radius 1 is 1.38 bits per heavy atom. The smallest absolute Gasteiger partial charge is 0.252 e. The van der Waals surface area contributed by atoms with Crippen LogP contribution in [0.15, 0.2) is 0 Å². The average molecular weight is 226 g/mol. The van der Waals surface area contributed by atoms with Gasteiger partial charge >= 0.3 is 0 Å². The molecule has 0 radical (unpaired) electrons. The number of ether oxygens (including phenoxy) is 1. The van der Waals surface area contributed by atoms with Gasteiger partial charge in [-0.3, -0.25) is 4.79 Å². The summed E-state index contributed by atoms with van der Waals surface area (Å²) in [4.78, 5) is 12.0. The van der Waals surface area contributed by atoms with E-state index in [-0.39, 0.29) is 5.91 Å². The molecule has 1 unspecified atom stereocenters. The zero-order valence-corrected chi connectivity index (χ0v) is 10.00. The van der Waals surface area contributed by atoms with Gasteiger partial charge in [0.1, 0.15) is 5.60 Å². The third-order valence-electron chi connectivity index (χ3n) is 3.81. The highest BCUT2D eigenvalue weighted by Gasteiger charge is 2.38. The highest BCUT2D eigenvalue weighted by atomic mass is 16.5. The van der Waals surface area contributed by atoms with Crippen LogP contribution in [-0.2, 0) is 9.53 Å². The maximum atomic E-state index is 12.0. The summed E-state index contributed by atoms with van der Waals surface area (Å²) in [6.45, 7) is 2.60. The van der Waals surface area contributed by atoms with Crippen LogP contribution in [0.3, 0.4) is 0 Å². The lowest BCUT2D eigenvalue weighted by Crippen LogP contribution is -2.49. The van der Waals surface area contributed by atoms with Crippen molar-refractivity contribution in [1.29, 1.82) is 0 Å². The van der Waals surface area contributed by atoms with E-state index in [9.17, 15) is 4.79 Å². The maximum Gasteiger partial charge on any atom is 0.252 e. The summed E-state index contributed by atoms with van der Waals surface area (Å²) < 4.78 is 5.53. The number of nitrogens with two attached hydrogens (primary N) is 1. The largest absolute Gasteiger partial charge is 0.365 e. The van der Waals surface area contributed by atoms with E-state index in [1.807, 2.05) is 6.92 Å². The number of amides is 1. The van der Waals surface area contributed by atoms with Crippen molar-refractivity contribution in [3.05, 3.63) is 0 Å². The first-order valence-electron chi connectivity index (χ1n) is 6.31. The fourth-order valence-corrected chi connectivity index (χ4v) is 2.56. The molecule has 3 N–H and O–H groups in total. The van der Waals surface area contributed by atoms with Gasteiger partial charge in [0.2, 0.25) is 0 Å². The average Bonchev–Trinajstić information content (AvgIpc) is 2.70. The Labute approximate surface area is 96.9 Å². The van der Waals surface area contributed by atoms with Crippen molar-refractivity contribution in [3.8, 4) is 0 Å². The van der Waals surface area contributed by atoms with Gasteiger partial charge in [0.05, 0.1) is 0 Å². The minimum absolute atomic E-state index is 0.0606. The molecule has 4 nitrogen and oxygen atoms in total. The van der Waals surface area contributed by atoms with E-state index < -0.39 is 5.60 Å². The van der Waals surface area contributed by atoms with Crippen LogP contribution in [0.1, 0.15) is 45.4 Å². The molecule has 1 aliphatic carbocycles. The van der Waals surface area contributed by atoms with Crippen LogP contribution in [0.5, 0.6) is 0 Å². The summed E-state index contributed by atoms with van der Waals surface area (Å²) >= 11 is 0. The molecule has 2 aliphatic rings. The normalized spacial score (nSPS) is 39.6. The SMILES string of the molecule is CC1(C(=O)NC2CCC(N)CC2)CCCO1. The molecule has 2 rings (SSSR count). The first-order chi connectivity index (χ1) is 7.60. The van der Waals surface area contributed by atoms with Gasteiger partial charge < -0.3 is 15.8 Å². The summed E-state index contributed by atoms with van der Waals surface area (Å²) in [6.07, 6.45) is 5.86. The monoisotopic (exact) mass is 226 g/mol. The molecule has 1 atom stereocenters. The number of carbonyl (C=O) groups is 1. The van der Waals surface area contributed by atoms with Gasteiger partial charge in [-0.1, -0.05) is 0 Å². The lowest BCUT2D eigenvalue weighted by atomic mass is 9.91. The van der Waals surface area contributed by atoms with Gasteiger partial charge in [-0.05, 0) is 45.4 Å². The summed E-state index contributed by atoms with van der Waals surface area (Å²) in [6, 6.07) is 0.625. The van der Waals surface area contributed by atoms with Crippen LogP contribution >= 0.6 is 0 Å². The Kier molecular flexibility index (Phi) is 3.50. The Morgan fingerprint density at radius 3 is 2.62 bits per heavy atom. The Hall–Kier alpha value is -0.610. The molecule has 92 valence electrons. The van der Waals surface area contributed by atoms with Crippen LogP contribution in [0, 0.1) is 0 Å². The van der Waals surface area contributed by atoms with Gasteiger partial charge in [-0.15, -0.1) is 0 Å². The Balaban J connectivity index is 1.83. The van der Waals surface area contributed by atoms with Crippen LogP contribution in [-0.4, -0.2) is 30.2 Å². The van der Waals surface area contributed by atoms with Gasteiger partial charge in [0.25, 0.3) is 5.91 Å². The summed E-state index contributed by atoms with van der Waals surface area (Å²) in [7, 11) is 0. The molecule has 0 bridgehead atoms. The molecule has 0 aromatic carbocycles. The van der Waals surface area contributed by atoms with Crippen LogP contribution in [0.25, 0.3) is 0 Å². The second kappa shape index (κ2) is 4.72. The van der Waals surface area contributed by atoms with Crippen LogP contribution < -0.4 is 11.1 Å². The van der Waals surface area contributed by atoms with Crippen molar-refractivity contribution < 1.29 is 9.53 Å². The van der Waals surface area contributed by atoms with Crippen LogP contribution in [0.4, 0.5) is 0 Å². The van der Waals surface area contributed by atoms with Gasteiger partial charge in [0, 0.05) is 18.7 Å². The topological polar surface area (TPSA) is 64.4 Å². The van der Waals surface area contributed by atoms with E-state index in [1.54, 1.807) is 0 Å². The molecule has 2 fully saturated rings. The molecule has 1 aliphatic heterocycles. The minimum Gasteiger partial charge on any atom is -0.365 e. The first kappa shape index (κ1) is 11.9. The van der Waals surface area contributed by atoms with Crippen LogP contribution in [0.2, 0.25) is 0 Å². The van der Waals surface area contributed by atoms with Crippen molar-refractivity contribution in [1.82, 2.24) is 5.32 Å². The predicted molar refractivity (Wildman–Crippen MR) is 62.0 cm³/mol. The van der Waals surface area contributed by atoms with Crippen molar-refractivity contribution in [2.75, 3.05) is 6.61 Å². The lowest BCUT2D eigenvalue weighted by molar-refractivity contribution is -0.140. The van der Waals surface area contributed by atoms with E-state index in [4.69, 9.17) is 10.5 Å². The number of hydrogen-bond acceptors (Lipinski definition) is 3. The van der Waals surface area contributed by atoms with Crippen molar-refractivity contribution in [2.45, 2.75) is 63.1 Å². The lowest BCUT2D eigenvalue weighted by Gasteiger charge is -2.30. The van der Waals surface area contributed by atoms with E-state index in [0.717, 1.165) is 38.5 Å². The second-order valence-electron chi connectivity index (χ2n) is 5.27. The Morgan fingerprint density at radius 2 is 2.06 bits per heavy atom. The summed E-state index contributed by atoms with van der Waals surface area (Å²) in [5.74, 6) is 0.0606. The zero-order chi connectivity index (χ0) is 11.6. The fourth-order valence-electron chi connectivity index (χ4n) is 2.56. The minimum atomic E-state index is -0.584. The first-order valence-corrected chi connectivity index (χ1v) is 6.31. The molecule has 0 aromatic rings. The highest BCUT2D eigenvalue weighted by Crippen LogP contribution is 2.26. The van der Waals surface area contributed by atoms with Crippen molar-refractivity contribution in [2.24, 2.45) is 5.73 Å². The third-order valence-corrected chi connectivity index (χ3v) is 3.81. The van der Waals surface area contributed by atoms with Gasteiger partial charge in [-0.25, -0.2) is 0 Å². The van der Waals surface area contributed by atoms with Crippen molar-refractivity contribution >= 4 is 5.91 Å². The molecular weight excluding hydrogens is 204 g/mol. The quantitative estimate of drug-likeness (QED) is 0.736. The third kappa shape index (κ3) is 2.55. The summed E-state index contributed by atoms with van der Waals surface area (Å²) in [5, 5.41) is 3.10. The number of hydrogen-bond donors (Lipinski definition) is 2. The molecular formula is C12H22N2O2. The molecule has 4 heteroatoms.